The number of carbonyl (C=O) groups excluding carboxylic acids is 2. The van der Waals surface area contributed by atoms with Gasteiger partial charge in [-0.1, -0.05) is 26.0 Å². The highest BCUT2D eigenvalue weighted by molar-refractivity contribution is 7.98. The second-order valence-electron chi connectivity index (χ2n) is 9.94. The van der Waals surface area contributed by atoms with Gasteiger partial charge < -0.3 is 40.9 Å². The van der Waals surface area contributed by atoms with Crippen LogP contribution in [0.2, 0.25) is 0 Å². The van der Waals surface area contributed by atoms with E-state index in [1.54, 1.807) is 24.1 Å². The first-order valence-corrected chi connectivity index (χ1v) is 14.7. The monoisotopic (exact) mass is 578 g/mol. The molecule has 10 nitrogen and oxygen atoms in total. The lowest BCUT2D eigenvalue weighted by Crippen LogP contribution is -2.65. The Hall–Kier alpha value is -2.67. The molecule has 0 aromatic heterocycles. The highest BCUT2D eigenvalue weighted by Crippen LogP contribution is 2.31. The Bertz CT molecular complexity index is 1110. The number of amides is 2. The lowest BCUT2D eigenvalue weighted by atomic mass is 9.88. The molecule has 11 heteroatoms. The Labute approximate surface area is 239 Å². The highest BCUT2D eigenvalue weighted by atomic mass is 32.2. The van der Waals surface area contributed by atoms with Crippen molar-refractivity contribution in [3.63, 3.8) is 0 Å². The Morgan fingerprint density at radius 3 is 2.10 bits per heavy atom. The maximum Gasteiger partial charge on any atom is 0.253 e. The van der Waals surface area contributed by atoms with Crippen LogP contribution in [0.4, 0.5) is 0 Å². The molecule has 0 spiro atoms. The largest absolute Gasteiger partial charge is 0.508 e. The number of aryl methyl sites for hydroxylation is 1. The van der Waals surface area contributed by atoms with Crippen molar-refractivity contribution >= 4 is 23.6 Å². The molecule has 222 valence electrons. The van der Waals surface area contributed by atoms with Crippen LogP contribution >= 0.6 is 11.8 Å². The summed E-state index contributed by atoms with van der Waals surface area (Å²) in [6.45, 7) is 6.72. The van der Waals surface area contributed by atoms with Crippen molar-refractivity contribution in [3.8, 4) is 5.75 Å². The molecule has 5 unspecified atom stereocenters. The average Bonchev–Trinajstić information content (AvgIpc) is 2.94. The number of thioether (sulfide) groups is 1. The topological polar surface area (TPSA) is 171 Å². The quantitative estimate of drug-likeness (QED) is 0.156. The Morgan fingerprint density at radius 1 is 0.975 bits per heavy atom. The van der Waals surface area contributed by atoms with Crippen LogP contribution in [-0.2, 0) is 0 Å². The normalized spacial score (nSPS) is 15.9. The van der Waals surface area contributed by atoms with Gasteiger partial charge in [0, 0.05) is 24.2 Å². The third-order valence-electron chi connectivity index (χ3n) is 6.59. The highest BCUT2D eigenvalue weighted by Gasteiger charge is 2.49. The van der Waals surface area contributed by atoms with E-state index in [0.717, 1.165) is 12.8 Å². The summed E-state index contributed by atoms with van der Waals surface area (Å²) in [6.07, 6.45) is -4.22. The molecule has 2 amide bonds. The van der Waals surface area contributed by atoms with Crippen LogP contribution in [0.15, 0.2) is 42.5 Å². The van der Waals surface area contributed by atoms with Gasteiger partial charge in [0.15, 0.2) is 5.72 Å². The van der Waals surface area contributed by atoms with E-state index in [1.165, 1.54) is 48.2 Å². The zero-order valence-corrected chi connectivity index (χ0v) is 24.3. The number of hydrogen-bond donors (Lipinski definition) is 7. The molecule has 0 aliphatic rings. The summed E-state index contributed by atoms with van der Waals surface area (Å²) in [5.41, 5.74) is -2.02. The van der Waals surface area contributed by atoms with Gasteiger partial charge in [0.1, 0.15) is 24.1 Å². The molecular formula is C29H42N2O8S. The van der Waals surface area contributed by atoms with E-state index in [-0.39, 0.29) is 34.8 Å². The van der Waals surface area contributed by atoms with Crippen LogP contribution in [0.3, 0.4) is 0 Å². The molecule has 2 aromatic rings. The Balaban J connectivity index is 2.48. The molecule has 0 bridgehead atoms. The SMILES string of the molecule is CCCN(CCC)C(=O)c1cc(C)cc(C(=O)NC(O)(C(O)c2ccc(O)cc2)C(O)C(O)C(O)CCSC)c1. The van der Waals surface area contributed by atoms with Crippen LogP contribution in [0, 0.1) is 6.92 Å². The number of nitrogens with one attached hydrogen (secondary N) is 1. The minimum absolute atomic E-state index is 0.0142. The number of aliphatic hydroxyl groups is 5. The van der Waals surface area contributed by atoms with Crippen LogP contribution in [0.1, 0.15) is 71.1 Å². The van der Waals surface area contributed by atoms with E-state index in [4.69, 9.17) is 0 Å². The number of carbonyl (C=O) groups is 2. The fourth-order valence-corrected chi connectivity index (χ4v) is 4.90. The molecule has 5 atom stereocenters. The summed E-state index contributed by atoms with van der Waals surface area (Å²) in [4.78, 5) is 28.4. The lowest BCUT2D eigenvalue weighted by Gasteiger charge is -2.40. The van der Waals surface area contributed by atoms with Gasteiger partial charge in [0.25, 0.3) is 11.8 Å². The van der Waals surface area contributed by atoms with E-state index in [2.05, 4.69) is 5.32 Å². The first kappa shape index (κ1) is 33.5. The number of benzene rings is 2. The molecule has 0 aliphatic heterocycles. The van der Waals surface area contributed by atoms with E-state index in [1.807, 2.05) is 13.8 Å². The van der Waals surface area contributed by atoms with Crippen LogP contribution in [0.5, 0.6) is 5.75 Å². The lowest BCUT2D eigenvalue weighted by molar-refractivity contribution is -0.204. The van der Waals surface area contributed by atoms with Crippen molar-refractivity contribution in [1.29, 1.82) is 0 Å². The molecule has 2 rings (SSSR count). The van der Waals surface area contributed by atoms with Gasteiger partial charge in [0.2, 0.25) is 0 Å². The number of hydrogen-bond acceptors (Lipinski definition) is 9. The maximum absolute atomic E-state index is 13.5. The van der Waals surface area contributed by atoms with Crippen molar-refractivity contribution in [2.45, 2.75) is 70.2 Å². The van der Waals surface area contributed by atoms with Gasteiger partial charge in [-0.15, -0.1) is 0 Å². The predicted octanol–water partition coefficient (Wildman–Crippen LogP) is 1.95. The van der Waals surface area contributed by atoms with Gasteiger partial charge in [-0.05, 0) is 79.7 Å². The third kappa shape index (κ3) is 8.42. The van der Waals surface area contributed by atoms with Gasteiger partial charge in [-0.3, -0.25) is 9.59 Å². The predicted molar refractivity (Wildman–Crippen MR) is 154 cm³/mol. The third-order valence-corrected chi connectivity index (χ3v) is 7.23. The van der Waals surface area contributed by atoms with Crippen LogP contribution in [-0.4, -0.2) is 96.5 Å². The molecule has 0 aliphatic carbocycles. The fraction of sp³-hybridized carbons (Fsp3) is 0.517. The Kier molecular flexibility index (Phi) is 12.9. The number of aromatic hydroxyl groups is 1. The molecular weight excluding hydrogens is 536 g/mol. The second-order valence-corrected chi connectivity index (χ2v) is 10.9. The van der Waals surface area contributed by atoms with Crippen molar-refractivity contribution in [2.24, 2.45) is 0 Å². The van der Waals surface area contributed by atoms with E-state index < -0.39 is 36.0 Å². The fourth-order valence-electron chi connectivity index (χ4n) is 4.42. The summed E-state index contributed by atoms with van der Waals surface area (Å²) in [5.74, 6) is -0.855. The molecule has 0 heterocycles. The molecule has 0 saturated heterocycles. The Morgan fingerprint density at radius 2 is 1.55 bits per heavy atom. The van der Waals surface area contributed by atoms with E-state index in [9.17, 15) is 40.2 Å². The maximum atomic E-state index is 13.5. The summed E-state index contributed by atoms with van der Waals surface area (Å²) >= 11 is 1.40. The second kappa shape index (κ2) is 15.4. The molecule has 0 fully saturated rings. The number of rotatable bonds is 15. The standard InChI is InChI=1S/C29H42N2O8S/c1-5-12-31(13-6-2)28(38)21-16-18(3)15-20(17-21)27(37)30-29(39,25(35)19-7-9-22(32)10-8-19)26(36)24(34)23(33)11-14-40-4/h7-10,15-17,23-26,32-36,39H,5-6,11-14H2,1-4H3,(H,30,37). The molecule has 2 aromatic carbocycles. The van der Waals surface area contributed by atoms with Crippen molar-refractivity contribution in [2.75, 3.05) is 25.1 Å². The zero-order valence-electron chi connectivity index (χ0n) is 23.4. The van der Waals surface area contributed by atoms with Crippen molar-refractivity contribution in [1.82, 2.24) is 10.2 Å². The number of phenols is 1. The van der Waals surface area contributed by atoms with Gasteiger partial charge in [-0.25, -0.2) is 0 Å². The number of nitrogens with zero attached hydrogens (tertiary/aromatic N) is 1. The van der Waals surface area contributed by atoms with E-state index >= 15 is 0 Å². The van der Waals surface area contributed by atoms with Gasteiger partial charge in [-0.2, -0.15) is 11.8 Å². The van der Waals surface area contributed by atoms with Crippen molar-refractivity contribution < 1.29 is 40.2 Å². The minimum atomic E-state index is -2.88. The van der Waals surface area contributed by atoms with Crippen LogP contribution in [0.25, 0.3) is 0 Å². The average molecular weight is 579 g/mol. The zero-order chi connectivity index (χ0) is 30.0. The molecule has 40 heavy (non-hydrogen) atoms. The van der Waals surface area contributed by atoms with Gasteiger partial charge in [0.05, 0.1) is 6.10 Å². The summed E-state index contributed by atoms with van der Waals surface area (Å²) < 4.78 is 0. The molecule has 0 saturated carbocycles. The summed E-state index contributed by atoms with van der Waals surface area (Å²) in [7, 11) is 0. The first-order chi connectivity index (χ1) is 18.9. The van der Waals surface area contributed by atoms with Gasteiger partial charge >= 0.3 is 0 Å². The molecule has 7 N–H and O–H groups in total. The minimum Gasteiger partial charge on any atom is -0.508 e. The van der Waals surface area contributed by atoms with Crippen LogP contribution < -0.4 is 5.32 Å². The number of aliphatic hydroxyl groups excluding tert-OH is 4. The van der Waals surface area contributed by atoms with Crippen molar-refractivity contribution in [3.05, 3.63) is 64.7 Å². The first-order valence-electron chi connectivity index (χ1n) is 13.3. The molecule has 0 radical (unpaired) electrons. The summed E-state index contributed by atoms with van der Waals surface area (Å²) in [5, 5.41) is 66.7. The summed E-state index contributed by atoms with van der Waals surface area (Å²) in [6, 6.07) is 9.54. The number of phenolic OH excluding ortho intramolecular Hbond substituents is 1. The smallest absolute Gasteiger partial charge is 0.253 e. The van der Waals surface area contributed by atoms with E-state index in [0.29, 0.717) is 24.4 Å².